The second-order valence-electron chi connectivity index (χ2n) is 7.36. The fourth-order valence-electron chi connectivity index (χ4n) is 3.61. The molecule has 30 heavy (non-hydrogen) atoms. The molecule has 0 radical (unpaired) electrons. The molecule has 0 aliphatic heterocycles. The summed E-state index contributed by atoms with van der Waals surface area (Å²) in [7, 11) is 0. The van der Waals surface area contributed by atoms with Gasteiger partial charge in [-0.3, -0.25) is 18.7 Å². The van der Waals surface area contributed by atoms with Crippen LogP contribution in [0.25, 0.3) is 16.7 Å². The Kier molecular flexibility index (Phi) is 5.27. The summed E-state index contributed by atoms with van der Waals surface area (Å²) in [6.45, 7) is 6.37. The molecule has 7 heteroatoms. The molecule has 0 bridgehead atoms. The number of benzene rings is 1. The molecule has 0 aliphatic rings. The molecule has 1 N–H and O–H groups in total. The average molecular weight is 404 g/mol. The molecular formula is C23H24N4O3. The van der Waals surface area contributed by atoms with Gasteiger partial charge in [0.2, 0.25) is 5.91 Å². The van der Waals surface area contributed by atoms with Gasteiger partial charge < -0.3 is 9.73 Å². The molecule has 3 aromatic heterocycles. The molecule has 4 rings (SSSR count). The Bertz CT molecular complexity index is 1270. The summed E-state index contributed by atoms with van der Waals surface area (Å²) in [6, 6.07) is 13.5. The lowest BCUT2D eigenvalue weighted by Crippen LogP contribution is -2.27. The van der Waals surface area contributed by atoms with Crippen molar-refractivity contribution in [3.63, 3.8) is 0 Å². The monoisotopic (exact) mass is 404 g/mol. The predicted octanol–water partition coefficient (Wildman–Crippen LogP) is 3.41. The highest BCUT2D eigenvalue weighted by Gasteiger charge is 2.18. The van der Waals surface area contributed by atoms with E-state index < -0.39 is 0 Å². The number of nitrogens with one attached hydrogen (secondary N) is 1. The van der Waals surface area contributed by atoms with Gasteiger partial charge in [0.15, 0.2) is 5.65 Å². The van der Waals surface area contributed by atoms with Gasteiger partial charge in [0.05, 0.1) is 18.3 Å². The minimum absolute atomic E-state index is 0.134. The SMILES string of the molecule is Cc1ccc(CNC(=O)CCn2cnc3c(c(C)c(C)n3-c3ccccc3)c2=O)o1. The predicted molar refractivity (Wildman–Crippen MR) is 115 cm³/mol. The van der Waals surface area contributed by atoms with Gasteiger partial charge in [-0.2, -0.15) is 0 Å². The van der Waals surface area contributed by atoms with Crippen LogP contribution in [-0.2, 0) is 17.9 Å². The highest BCUT2D eigenvalue weighted by atomic mass is 16.3. The number of fused-ring (bicyclic) bond motifs is 1. The minimum atomic E-state index is -0.147. The molecule has 0 unspecified atom stereocenters. The molecule has 0 spiro atoms. The van der Waals surface area contributed by atoms with Crippen molar-refractivity contribution in [1.82, 2.24) is 19.4 Å². The van der Waals surface area contributed by atoms with Crippen LogP contribution in [0.1, 0.15) is 29.2 Å². The summed E-state index contributed by atoms with van der Waals surface area (Å²) >= 11 is 0. The third-order valence-electron chi connectivity index (χ3n) is 5.33. The van der Waals surface area contributed by atoms with E-state index in [9.17, 15) is 9.59 Å². The lowest BCUT2D eigenvalue weighted by atomic mass is 10.2. The van der Waals surface area contributed by atoms with Gasteiger partial charge in [-0.25, -0.2) is 4.98 Å². The van der Waals surface area contributed by atoms with Crippen molar-refractivity contribution in [2.75, 3.05) is 0 Å². The first kappa shape index (κ1) is 19.7. The van der Waals surface area contributed by atoms with Gasteiger partial charge >= 0.3 is 0 Å². The van der Waals surface area contributed by atoms with Crippen LogP contribution in [0.3, 0.4) is 0 Å². The van der Waals surface area contributed by atoms with Gasteiger partial charge in [-0.05, 0) is 50.6 Å². The van der Waals surface area contributed by atoms with Gasteiger partial charge in [-0.1, -0.05) is 18.2 Å². The maximum Gasteiger partial charge on any atom is 0.263 e. The molecule has 0 atom stereocenters. The maximum absolute atomic E-state index is 13.1. The number of nitrogens with zero attached hydrogens (tertiary/aromatic N) is 3. The molecule has 1 amide bonds. The molecule has 0 aliphatic carbocycles. The van der Waals surface area contributed by atoms with Crippen molar-refractivity contribution in [2.24, 2.45) is 0 Å². The first-order valence-electron chi connectivity index (χ1n) is 9.90. The van der Waals surface area contributed by atoms with Crippen LogP contribution < -0.4 is 10.9 Å². The minimum Gasteiger partial charge on any atom is -0.465 e. The zero-order valence-electron chi connectivity index (χ0n) is 17.3. The summed E-state index contributed by atoms with van der Waals surface area (Å²) in [5.41, 5.74) is 3.34. The second kappa shape index (κ2) is 8.02. The third-order valence-corrected chi connectivity index (χ3v) is 5.33. The first-order valence-corrected chi connectivity index (χ1v) is 9.90. The Morgan fingerprint density at radius 3 is 2.57 bits per heavy atom. The van der Waals surface area contributed by atoms with Gasteiger partial charge in [0.1, 0.15) is 11.5 Å². The first-order chi connectivity index (χ1) is 14.5. The van der Waals surface area contributed by atoms with Gasteiger partial charge in [-0.15, -0.1) is 0 Å². The van der Waals surface area contributed by atoms with E-state index in [1.54, 1.807) is 0 Å². The van der Waals surface area contributed by atoms with Crippen LogP contribution in [0.5, 0.6) is 0 Å². The number of amides is 1. The summed E-state index contributed by atoms with van der Waals surface area (Å²) in [5.74, 6) is 1.36. The van der Waals surface area contributed by atoms with Crippen molar-refractivity contribution in [3.8, 4) is 5.69 Å². The fraction of sp³-hybridized carbons (Fsp3) is 0.261. The van der Waals surface area contributed by atoms with E-state index >= 15 is 0 Å². The lowest BCUT2D eigenvalue weighted by Gasteiger charge is -2.09. The largest absolute Gasteiger partial charge is 0.465 e. The molecule has 3 heterocycles. The van der Waals surface area contributed by atoms with Crippen LogP contribution in [-0.4, -0.2) is 20.0 Å². The molecule has 154 valence electrons. The van der Waals surface area contributed by atoms with Crippen molar-refractivity contribution in [1.29, 1.82) is 0 Å². The number of aromatic nitrogens is 3. The number of carbonyl (C=O) groups is 1. The molecule has 7 nitrogen and oxygen atoms in total. The van der Waals surface area contributed by atoms with E-state index in [1.807, 2.05) is 67.8 Å². The highest BCUT2D eigenvalue weighted by molar-refractivity contribution is 5.83. The quantitative estimate of drug-likeness (QED) is 0.534. The lowest BCUT2D eigenvalue weighted by molar-refractivity contribution is -0.121. The molecule has 0 fully saturated rings. The standard InChI is InChI=1S/C23H24N4O3/c1-15-9-10-19(30-15)13-24-20(28)11-12-26-14-25-22-21(23(26)29)16(2)17(3)27(22)18-7-5-4-6-8-18/h4-10,14H,11-13H2,1-3H3,(H,24,28). The summed E-state index contributed by atoms with van der Waals surface area (Å²) in [6.07, 6.45) is 1.70. The van der Waals surface area contributed by atoms with Crippen molar-refractivity contribution < 1.29 is 9.21 Å². The van der Waals surface area contributed by atoms with E-state index in [2.05, 4.69) is 10.3 Å². The summed E-state index contributed by atoms with van der Waals surface area (Å²) < 4.78 is 8.94. The van der Waals surface area contributed by atoms with Gasteiger partial charge in [0, 0.05) is 24.3 Å². The number of furan rings is 1. The third kappa shape index (κ3) is 3.66. The van der Waals surface area contributed by atoms with E-state index in [-0.39, 0.29) is 24.4 Å². The Balaban J connectivity index is 1.54. The van der Waals surface area contributed by atoms with Crippen molar-refractivity contribution in [3.05, 3.63) is 81.9 Å². The van der Waals surface area contributed by atoms with E-state index in [0.29, 0.717) is 23.3 Å². The Morgan fingerprint density at radius 2 is 1.87 bits per heavy atom. The zero-order chi connectivity index (χ0) is 21.3. The van der Waals surface area contributed by atoms with E-state index in [0.717, 1.165) is 22.7 Å². The number of carbonyl (C=O) groups excluding carboxylic acids is 1. The smallest absolute Gasteiger partial charge is 0.263 e. The van der Waals surface area contributed by atoms with Crippen LogP contribution in [0.4, 0.5) is 0 Å². The van der Waals surface area contributed by atoms with Gasteiger partial charge in [0.25, 0.3) is 5.56 Å². The van der Waals surface area contributed by atoms with E-state index in [4.69, 9.17) is 4.42 Å². The maximum atomic E-state index is 13.1. The summed E-state index contributed by atoms with van der Waals surface area (Å²) in [4.78, 5) is 29.8. The zero-order valence-corrected chi connectivity index (χ0v) is 17.3. The number of rotatable bonds is 6. The summed E-state index contributed by atoms with van der Waals surface area (Å²) in [5, 5.41) is 3.40. The van der Waals surface area contributed by atoms with Crippen LogP contribution in [0, 0.1) is 20.8 Å². The second-order valence-corrected chi connectivity index (χ2v) is 7.36. The highest BCUT2D eigenvalue weighted by Crippen LogP contribution is 2.24. The van der Waals surface area contributed by atoms with Crippen molar-refractivity contribution in [2.45, 2.75) is 40.3 Å². The Morgan fingerprint density at radius 1 is 1.10 bits per heavy atom. The molecule has 1 aromatic carbocycles. The van der Waals surface area contributed by atoms with Crippen LogP contribution in [0.2, 0.25) is 0 Å². The topological polar surface area (TPSA) is 82.1 Å². The number of para-hydroxylation sites is 1. The molecular weight excluding hydrogens is 380 g/mol. The Labute approximate surface area is 174 Å². The fourth-order valence-corrected chi connectivity index (χ4v) is 3.61. The van der Waals surface area contributed by atoms with E-state index in [1.165, 1.54) is 10.9 Å². The number of hydrogen-bond donors (Lipinski definition) is 1. The molecule has 4 aromatic rings. The number of hydrogen-bond acceptors (Lipinski definition) is 4. The molecule has 0 saturated heterocycles. The Hall–Kier alpha value is -3.61. The van der Waals surface area contributed by atoms with Crippen molar-refractivity contribution >= 4 is 16.9 Å². The average Bonchev–Trinajstić information content (AvgIpc) is 3.27. The number of aryl methyl sites for hydroxylation is 3. The molecule has 0 saturated carbocycles. The van der Waals surface area contributed by atoms with Crippen LogP contribution >= 0.6 is 0 Å². The normalized spacial score (nSPS) is 11.2. The van der Waals surface area contributed by atoms with Crippen LogP contribution in [0.15, 0.2) is 58.0 Å².